The number of hydrogen-bond acceptors (Lipinski definition) is 2. The Balaban J connectivity index is 2.85. The van der Waals surface area contributed by atoms with Gasteiger partial charge in [-0.05, 0) is 25.5 Å². The third kappa shape index (κ3) is 3.14. The maximum atomic E-state index is 9.11. The van der Waals surface area contributed by atoms with Gasteiger partial charge < -0.3 is 5.32 Å². The molecule has 0 fully saturated rings. The number of benzene rings is 1. The maximum absolute atomic E-state index is 9.11. The first-order chi connectivity index (χ1) is 7.11. The first-order valence-electron chi connectivity index (χ1n) is 5.05. The van der Waals surface area contributed by atoms with Gasteiger partial charge in [-0.2, -0.15) is 5.26 Å². The van der Waals surface area contributed by atoms with Gasteiger partial charge in [-0.3, -0.25) is 0 Å². The Bertz CT molecular complexity index is 370. The van der Waals surface area contributed by atoms with Gasteiger partial charge in [0.2, 0.25) is 0 Å². The number of rotatable bonds is 4. The Hall–Kier alpha value is -1.20. The molecule has 1 N–H and O–H groups in total. The minimum Gasteiger partial charge on any atom is -0.366 e. The summed E-state index contributed by atoms with van der Waals surface area (Å²) < 4.78 is 0. The zero-order valence-corrected chi connectivity index (χ0v) is 9.80. The van der Waals surface area contributed by atoms with Crippen LogP contribution in [0.1, 0.15) is 26.7 Å². The Kier molecular flexibility index (Phi) is 3.99. The molecule has 0 amide bonds. The number of hydrogen-bond donors (Lipinski definition) is 1. The molecule has 0 aliphatic heterocycles. The summed E-state index contributed by atoms with van der Waals surface area (Å²) in [6.07, 6.45) is 1.76. The van der Waals surface area contributed by atoms with Gasteiger partial charge in [0.15, 0.2) is 0 Å². The van der Waals surface area contributed by atoms with Gasteiger partial charge in [-0.25, -0.2) is 0 Å². The van der Waals surface area contributed by atoms with E-state index < -0.39 is 5.54 Å². The lowest BCUT2D eigenvalue weighted by Crippen LogP contribution is -2.32. The lowest BCUT2D eigenvalue weighted by Gasteiger charge is -2.24. The molecule has 0 aromatic heterocycles. The molecule has 0 bridgehead atoms. The second-order valence-corrected chi connectivity index (χ2v) is 4.21. The molecule has 1 unspecified atom stereocenters. The van der Waals surface area contributed by atoms with Gasteiger partial charge in [0.05, 0.1) is 16.8 Å². The number of nitrogens with one attached hydrogen (secondary N) is 1. The molecule has 80 valence electrons. The van der Waals surface area contributed by atoms with Crippen molar-refractivity contribution in [1.29, 1.82) is 5.26 Å². The van der Waals surface area contributed by atoms with Crippen molar-refractivity contribution in [3.63, 3.8) is 0 Å². The van der Waals surface area contributed by atoms with Crippen molar-refractivity contribution in [3.8, 4) is 6.07 Å². The minimum absolute atomic E-state index is 0.542. The average molecular weight is 223 g/mol. The quantitative estimate of drug-likeness (QED) is 0.841. The molecule has 0 saturated heterocycles. The Morgan fingerprint density at radius 3 is 2.67 bits per heavy atom. The standard InChI is InChI=1S/C12H15ClN2/c1-3-8-12(2,9-14)15-11-7-5-4-6-10(11)13/h4-7,15H,3,8H2,1-2H3. The van der Waals surface area contributed by atoms with Crippen molar-refractivity contribution in [3.05, 3.63) is 29.3 Å². The van der Waals surface area contributed by atoms with E-state index in [2.05, 4.69) is 18.3 Å². The second-order valence-electron chi connectivity index (χ2n) is 3.80. The third-order valence-electron chi connectivity index (χ3n) is 2.28. The summed E-state index contributed by atoms with van der Waals surface area (Å²) in [4.78, 5) is 0. The summed E-state index contributed by atoms with van der Waals surface area (Å²) >= 11 is 6.02. The summed E-state index contributed by atoms with van der Waals surface area (Å²) in [5, 5.41) is 12.9. The highest BCUT2D eigenvalue weighted by Crippen LogP contribution is 2.25. The first-order valence-corrected chi connectivity index (χ1v) is 5.43. The van der Waals surface area contributed by atoms with Crippen LogP contribution in [0.2, 0.25) is 5.02 Å². The zero-order chi connectivity index (χ0) is 11.3. The van der Waals surface area contributed by atoms with Crippen LogP contribution < -0.4 is 5.32 Å². The van der Waals surface area contributed by atoms with Crippen LogP contribution in [0.5, 0.6) is 0 Å². The van der Waals surface area contributed by atoms with Crippen LogP contribution >= 0.6 is 11.6 Å². The van der Waals surface area contributed by atoms with Gasteiger partial charge >= 0.3 is 0 Å². The summed E-state index contributed by atoms with van der Waals surface area (Å²) in [5.74, 6) is 0. The molecule has 3 heteroatoms. The van der Waals surface area contributed by atoms with E-state index in [1.54, 1.807) is 0 Å². The summed E-state index contributed by atoms with van der Waals surface area (Å²) in [6, 6.07) is 9.75. The monoisotopic (exact) mass is 222 g/mol. The molecule has 1 rings (SSSR count). The average Bonchev–Trinajstić information content (AvgIpc) is 2.22. The number of nitrogens with zero attached hydrogens (tertiary/aromatic N) is 1. The molecule has 0 heterocycles. The van der Waals surface area contributed by atoms with Gasteiger partial charge in [-0.15, -0.1) is 0 Å². The molecule has 0 aliphatic carbocycles. The normalized spacial score (nSPS) is 14.0. The van der Waals surface area contributed by atoms with E-state index in [9.17, 15) is 0 Å². The fraction of sp³-hybridized carbons (Fsp3) is 0.417. The fourth-order valence-corrected chi connectivity index (χ4v) is 1.69. The van der Waals surface area contributed by atoms with Crippen molar-refractivity contribution in [1.82, 2.24) is 0 Å². The number of nitriles is 1. The van der Waals surface area contributed by atoms with Crippen molar-refractivity contribution in [2.75, 3.05) is 5.32 Å². The van der Waals surface area contributed by atoms with Gasteiger partial charge in [0, 0.05) is 0 Å². The fourth-order valence-electron chi connectivity index (χ4n) is 1.51. The molecule has 0 spiro atoms. The minimum atomic E-state index is -0.542. The molecular formula is C12H15ClN2. The van der Waals surface area contributed by atoms with Crippen LogP contribution in [0.4, 0.5) is 5.69 Å². The van der Waals surface area contributed by atoms with E-state index in [4.69, 9.17) is 16.9 Å². The number of anilines is 1. The Morgan fingerprint density at radius 1 is 1.47 bits per heavy atom. The first kappa shape index (κ1) is 11.9. The molecule has 1 aromatic rings. The smallest absolute Gasteiger partial charge is 0.122 e. The van der Waals surface area contributed by atoms with E-state index in [1.165, 1.54) is 0 Å². The second kappa shape index (κ2) is 5.04. The summed E-state index contributed by atoms with van der Waals surface area (Å²) in [6.45, 7) is 3.95. The van der Waals surface area contributed by atoms with Crippen LogP contribution in [0.3, 0.4) is 0 Å². The van der Waals surface area contributed by atoms with Crippen molar-refractivity contribution in [2.24, 2.45) is 0 Å². The lowest BCUT2D eigenvalue weighted by atomic mass is 9.98. The highest BCUT2D eigenvalue weighted by Gasteiger charge is 2.22. The van der Waals surface area contributed by atoms with E-state index in [0.717, 1.165) is 18.5 Å². The van der Waals surface area contributed by atoms with Crippen LogP contribution in [0, 0.1) is 11.3 Å². The van der Waals surface area contributed by atoms with Crippen molar-refractivity contribution < 1.29 is 0 Å². The summed E-state index contributed by atoms with van der Waals surface area (Å²) in [7, 11) is 0. The molecule has 0 aliphatic rings. The van der Waals surface area contributed by atoms with E-state index >= 15 is 0 Å². The molecule has 0 radical (unpaired) electrons. The number of halogens is 1. The SMILES string of the molecule is CCCC(C)(C#N)Nc1ccccc1Cl. The summed E-state index contributed by atoms with van der Waals surface area (Å²) in [5.41, 5.74) is 0.274. The van der Waals surface area contributed by atoms with Crippen molar-refractivity contribution >= 4 is 17.3 Å². The topological polar surface area (TPSA) is 35.8 Å². The van der Waals surface area contributed by atoms with Gasteiger partial charge in [-0.1, -0.05) is 37.1 Å². The van der Waals surface area contributed by atoms with Crippen LogP contribution in [0.25, 0.3) is 0 Å². The third-order valence-corrected chi connectivity index (χ3v) is 2.61. The molecule has 0 saturated carbocycles. The van der Waals surface area contributed by atoms with E-state index in [1.807, 2.05) is 31.2 Å². The molecule has 1 aromatic carbocycles. The lowest BCUT2D eigenvalue weighted by molar-refractivity contribution is 0.579. The maximum Gasteiger partial charge on any atom is 0.122 e. The zero-order valence-electron chi connectivity index (χ0n) is 9.05. The van der Waals surface area contributed by atoms with Crippen LogP contribution in [-0.4, -0.2) is 5.54 Å². The van der Waals surface area contributed by atoms with E-state index in [0.29, 0.717) is 5.02 Å². The molecule has 15 heavy (non-hydrogen) atoms. The highest BCUT2D eigenvalue weighted by atomic mass is 35.5. The van der Waals surface area contributed by atoms with Gasteiger partial charge in [0.25, 0.3) is 0 Å². The Morgan fingerprint density at radius 2 is 2.13 bits per heavy atom. The Labute approximate surface area is 95.9 Å². The molecule has 2 nitrogen and oxygen atoms in total. The predicted molar refractivity (Wildman–Crippen MR) is 64.0 cm³/mol. The number of para-hydroxylation sites is 1. The van der Waals surface area contributed by atoms with E-state index in [-0.39, 0.29) is 0 Å². The predicted octanol–water partition coefficient (Wildman–Crippen LogP) is 3.83. The van der Waals surface area contributed by atoms with Crippen molar-refractivity contribution in [2.45, 2.75) is 32.2 Å². The van der Waals surface area contributed by atoms with Gasteiger partial charge in [0.1, 0.15) is 5.54 Å². The molecule has 1 atom stereocenters. The van der Waals surface area contributed by atoms with Crippen LogP contribution in [-0.2, 0) is 0 Å². The largest absolute Gasteiger partial charge is 0.366 e. The van der Waals surface area contributed by atoms with Crippen LogP contribution in [0.15, 0.2) is 24.3 Å². The highest BCUT2D eigenvalue weighted by molar-refractivity contribution is 6.33. The molecular weight excluding hydrogens is 208 g/mol.